The van der Waals surface area contributed by atoms with Crippen molar-refractivity contribution in [3.05, 3.63) is 35.5 Å². The van der Waals surface area contributed by atoms with E-state index >= 15 is 0 Å². The molecule has 1 aromatic heterocycles. The highest BCUT2D eigenvalue weighted by Gasteiger charge is 2.45. The molecule has 3 heterocycles. The number of nitrogens with zero attached hydrogens (tertiary/aromatic N) is 2. The van der Waals surface area contributed by atoms with Gasteiger partial charge in [-0.2, -0.15) is 0 Å². The number of carbonyl (C=O) groups excluding carboxylic acids is 1. The van der Waals surface area contributed by atoms with Crippen LogP contribution < -0.4 is 0 Å². The van der Waals surface area contributed by atoms with E-state index in [4.69, 9.17) is 17.0 Å². The number of thiocarbonyl (C=S) groups is 1. The Bertz CT molecular complexity index is 801. The minimum atomic E-state index is -0.156. The summed E-state index contributed by atoms with van der Waals surface area (Å²) in [7, 11) is 0. The average Bonchev–Trinajstić information content (AvgIpc) is 3.07. The smallest absolute Gasteiger partial charge is 0.251 e. The number of para-hydroxylation sites is 1. The molecule has 2 aliphatic rings. The number of H-pyrrole nitrogens is 1. The number of ether oxygens (including phenoxy) is 1. The van der Waals surface area contributed by atoms with Crippen LogP contribution in [-0.4, -0.2) is 51.6 Å². The number of aromatic amines is 1. The summed E-state index contributed by atoms with van der Waals surface area (Å²) in [5, 5.41) is 1.88. The van der Waals surface area contributed by atoms with Gasteiger partial charge in [-0.05, 0) is 37.2 Å². The van der Waals surface area contributed by atoms with E-state index in [0.717, 1.165) is 18.4 Å². The molecular weight excluding hydrogens is 322 g/mol. The summed E-state index contributed by atoms with van der Waals surface area (Å²) in [6.07, 6.45) is 1.54. The second-order valence-corrected chi connectivity index (χ2v) is 6.66. The van der Waals surface area contributed by atoms with E-state index in [1.165, 1.54) is 16.6 Å². The highest BCUT2D eigenvalue weighted by atomic mass is 32.1. The summed E-state index contributed by atoms with van der Waals surface area (Å²) >= 11 is 5.58. The average molecular weight is 343 g/mol. The van der Waals surface area contributed by atoms with E-state index in [1.54, 1.807) is 4.90 Å². The molecule has 1 aromatic carbocycles. The Morgan fingerprint density at radius 1 is 1.38 bits per heavy atom. The highest BCUT2D eigenvalue weighted by molar-refractivity contribution is 7.80. The van der Waals surface area contributed by atoms with Gasteiger partial charge in [-0.1, -0.05) is 18.2 Å². The Balaban J connectivity index is 1.56. The Hall–Kier alpha value is -1.92. The topological polar surface area (TPSA) is 48.6 Å². The lowest BCUT2D eigenvalue weighted by atomic mass is 9.97. The molecule has 0 saturated carbocycles. The first-order valence-electron chi connectivity index (χ1n) is 8.49. The Morgan fingerprint density at radius 2 is 2.21 bits per heavy atom. The van der Waals surface area contributed by atoms with Crippen molar-refractivity contribution >= 4 is 34.1 Å². The molecule has 6 heteroatoms. The van der Waals surface area contributed by atoms with Crippen LogP contribution in [0.5, 0.6) is 0 Å². The predicted molar refractivity (Wildman–Crippen MR) is 96.8 cm³/mol. The van der Waals surface area contributed by atoms with Gasteiger partial charge in [-0.15, -0.1) is 0 Å². The molecule has 1 amide bonds. The summed E-state index contributed by atoms with van der Waals surface area (Å²) in [4.78, 5) is 20.1. The molecule has 4 rings (SSSR count). The third-order valence-electron chi connectivity index (χ3n) is 4.91. The van der Waals surface area contributed by atoms with Gasteiger partial charge in [0.1, 0.15) is 6.04 Å². The zero-order chi connectivity index (χ0) is 16.7. The van der Waals surface area contributed by atoms with Crippen LogP contribution in [0.2, 0.25) is 0 Å². The number of amides is 1. The number of aromatic nitrogens is 1. The number of nitrogens with one attached hydrogen (secondary N) is 1. The molecule has 24 heavy (non-hydrogen) atoms. The van der Waals surface area contributed by atoms with Crippen molar-refractivity contribution in [2.24, 2.45) is 0 Å². The molecule has 0 spiro atoms. The van der Waals surface area contributed by atoms with Crippen molar-refractivity contribution in [1.29, 1.82) is 0 Å². The largest absolute Gasteiger partial charge is 0.382 e. The van der Waals surface area contributed by atoms with E-state index in [9.17, 15) is 4.79 Å². The zero-order valence-corrected chi connectivity index (χ0v) is 14.6. The lowest BCUT2D eigenvalue weighted by molar-refractivity contribution is -0.128. The molecule has 0 aliphatic carbocycles. The lowest BCUT2D eigenvalue weighted by Crippen LogP contribution is -2.39. The minimum absolute atomic E-state index is 0.132. The number of hydrogen-bond acceptors (Lipinski definition) is 3. The monoisotopic (exact) mass is 343 g/mol. The van der Waals surface area contributed by atoms with Crippen LogP contribution in [0.4, 0.5) is 0 Å². The van der Waals surface area contributed by atoms with Crippen LogP contribution in [0.15, 0.2) is 24.3 Å². The fraction of sp³-hybridized carbons (Fsp3) is 0.444. The Kier molecular flexibility index (Phi) is 4.02. The molecular formula is C18H21N3O2S. The van der Waals surface area contributed by atoms with Gasteiger partial charge in [-0.25, -0.2) is 0 Å². The van der Waals surface area contributed by atoms with Gasteiger partial charge >= 0.3 is 0 Å². The lowest BCUT2D eigenvalue weighted by Gasteiger charge is -2.28. The van der Waals surface area contributed by atoms with Gasteiger partial charge in [0.15, 0.2) is 5.11 Å². The van der Waals surface area contributed by atoms with E-state index in [0.29, 0.717) is 31.4 Å². The van der Waals surface area contributed by atoms with E-state index in [-0.39, 0.29) is 11.9 Å². The first kappa shape index (κ1) is 15.6. The quantitative estimate of drug-likeness (QED) is 0.669. The van der Waals surface area contributed by atoms with Crippen LogP contribution >= 0.6 is 12.2 Å². The predicted octanol–water partition coefficient (Wildman–Crippen LogP) is 2.45. The molecule has 1 atom stereocenters. The fourth-order valence-electron chi connectivity index (χ4n) is 3.73. The highest BCUT2D eigenvalue weighted by Crippen LogP contribution is 2.34. The summed E-state index contributed by atoms with van der Waals surface area (Å²) in [5.74, 6) is 0.132. The molecule has 1 fully saturated rings. The molecule has 1 saturated heterocycles. The van der Waals surface area contributed by atoms with Gasteiger partial charge in [0.25, 0.3) is 5.91 Å². The summed E-state index contributed by atoms with van der Waals surface area (Å²) in [6, 6.07) is 8.12. The van der Waals surface area contributed by atoms with E-state index in [1.807, 2.05) is 19.1 Å². The maximum absolute atomic E-state index is 12.8. The normalized spacial score (nSPS) is 20.0. The molecule has 2 aliphatic heterocycles. The maximum Gasteiger partial charge on any atom is 0.251 e. The fourth-order valence-corrected chi connectivity index (χ4v) is 4.11. The van der Waals surface area contributed by atoms with Gasteiger partial charge in [0, 0.05) is 42.8 Å². The Morgan fingerprint density at radius 3 is 3.04 bits per heavy atom. The minimum Gasteiger partial charge on any atom is -0.382 e. The molecule has 1 unspecified atom stereocenters. The zero-order valence-electron chi connectivity index (χ0n) is 13.7. The number of fused-ring (bicyclic) bond motifs is 4. The van der Waals surface area contributed by atoms with Crippen molar-refractivity contribution in [1.82, 2.24) is 14.8 Å². The summed E-state index contributed by atoms with van der Waals surface area (Å²) in [6.45, 7) is 4.66. The molecule has 1 N–H and O–H groups in total. The van der Waals surface area contributed by atoms with Crippen molar-refractivity contribution in [2.75, 3.05) is 19.8 Å². The number of carbonyl (C=O) groups is 1. The summed E-state index contributed by atoms with van der Waals surface area (Å²) in [5.41, 5.74) is 3.58. The van der Waals surface area contributed by atoms with Crippen LogP contribution in [0, 0.1) is 0 Å². The van der Waals surface area contributed by atoms with Crippen LogP contribution in [0.3, 0.4) is 0 Å². The summed E-state index contributed by atoms with van der Waals surface area (Å²) < 4.78 is 5.37. The van der Waals surface area contributed by atoms with Gasteiger partial charge < -0.3 is 14.6 Å². The molecule has 126 valence electrons. The van der Waals surface area contributed by atoms with Crippen LogP contribution in [0.1, 0.15) is 24.6 Å². The second-order valence-electron chi connectivity index (χ2n) is 6.30. The molecule has 0 bridgehead atoms. The Labute approximate surface area is 146 Å². The van der Waals surface area contributed by atoms with Gasteiger partial charge in [0.2, 0.25) is 0 Å². The van der Waals surface area contributed by atoms with Gasteiger partial charge in [-0.3, -0.25) is 9.69 Å². The molecule has 0 radical (unpaired) electrons. The first-order chi connectivity index (χ1) is 11.7. The standard InChI is InChI=1S/C18H21N3O2S/c1-2-23-9-5-8-20-17(22)16-10-13-12-6-3-4-7-14(12)19-15(13)11-21(16)18(20)24/h3-4,6-7,16,19H,2,5,8-11H2,1H3. The second kappa shape index (κ2) is 6.18. The van der Waals surface area contributed by atoms with E-state index < -0.39 is 0 Å². The first-order valence-corrected chi connectivity index (χ1v) is 8.89. The third-order valence-corrected chi connectivity index (χ3v) is 5.36. The van der Waals surface area contributed by atoms with Crippen LogP contribution in [-0.2, 0) is 22.5 Å². The van der Waals surface area contributed by atoms with E-state index in [2.05, 4.69) is 22.0 Å². The molecule has 2 aromatic rings. The third kappa shape index (κ3) is 2.41. The number of rotatable bonds is 5. The van der Waals surface area contributed by atoms with Crippen molar-refractivity contribution < 1.29 is 9.53 Å². The number of hydrogen-bond donors (Lipinski definition) is 1. The SMILES string of the molecule is CCOCCCN1C(=O)C2Cc3c([nH]c4ccccc34)CN2C1=S. The van der Waals surface area contributed by atoms with Crippen molar-refractivity contribution in [2.45, 2.75) is 32.4 Å². The van der Waals surface area contributed by atoms with Crippen molar-refractivity contribution in [3.63, 3.8) is 0 Å². The van der Waals surface area contributed by atoms with Gasteiger partial charge in [0.05, 0.1) is 6.54 Å². The number of benzene rings is 1. The maximum atomic E-state index is 12.8. The van der Waals surface area contributed by atoms with Crippen LogP contribution in [0.25, 0.3) is 10.9 Å². The molecule has 5 nitrogen and oxygen atoms in total. The van der Waals surface area contributed by atoms with Crippen molar-refractivity contribution in [3.8, 4) is 0 Å².